The number of aryl methyl sites for hydroxylation is 1. The Morgan fingerprint density at radius 3 is 2.83 bits per heavy atom. The lowest BCUT2D eigenvalue weighted by atomic mass is 10.1. The SMILES string of the molecule is Cn1nccc1-c1cc(N)c2cccc(Cl)c2n1. The van der Waals surface area contributed by atoms with Crippen LogP contribution in [-0.4, -0.2) is 14.8 Å². The van der Waals surface area contributed by atoms with Gasteiger partial charge in [0.05, 0.1) is 21.9 Å². The Balaban J connectivity index is 2.34. The molecule has 5 heteroatoms. The summed E-state index contributed by atoms with van der Waals surface area (Å²) < 4.78 is 1.75. The molecule has 0 unspecified atom stereocenters. The molecule has 18 heavy (non-hydrogen) atoms. The van der Waals surface area contributed by atoms with Crippen LogP contribution in [0.25, 0.3) is 22.3 Å². The van der Waals surface area contributed by atoms with Gasteiger partial charge in [-0.3, -0.25) is 4.68 Å². The Hall–Kier alpha value is -2.07. The van der Waals surface area contributed by atoms with Gasteiger partial charge in [0.2, 0.25) is 0 Å². The molecular formula is C13H11ClN4. The van der Waals surface area contributed by atoms with Crippen molar-refractivity contribution in [3.05, 3.63) is 41.6 Å². The first-order valence-electron chi connectivity index (χ1n) is 5.50. The maximum atomic E-state index is 6.16. The standard InChI is InChI=1S/C13H11ClN4/c1-18-12(5-6-16-18)11-7-10(15)8-3-2-4-9(14)13(8)17-11/h2-7H,1H3,(H2,15,17). The van der Waals surface area contributed by atoms with Crippen molar-refractivity contribution >= 4 is 28.2 Å². The number of benzene rings is 1. The Morgan fingerprint density at radius 2 is 2.11 bits per heavy atom. The lowest BCUT2D eigenvalue weighted by Crippen LogP contribution is -1.98. The number of aromatic nitrogens is 3. The molecule has 2 heterocycles. The second-order valence-electron chi connectivity index (χ2n) is 4.07. The molecule has 3 aromatic rings. The fourth-order valence-corrected chi connectivity index (χ4v) is 2.21. The third kappa shape index (κ3) is 1.62. The van der Waals surface area contributed by atoms with Gasteiger partial charge in [0.1, 0.15) is 0 Å². The monoisotopic (exact) mass is 258 g/mol. The van der Waals surface area contributed by atoms with E-state index in [0.29, 0.717) is 10.7 Å². The molecule has 0 aliphatic heterocycles. The molecule has 0 spiro atoms. The molecule has 0 atom stereocenters. The molecule has 0 radical (unpaired) electrons. The highest BCUT2D eigenvalue weighted by atomic mass is 35.5. The first-order chi connectivity index (χ1) is 8.66. The number of nitrogens with zero attached hydrogens (tertiary/aromatic N) is 3. The summed E-state index contributed by atoms with van der Waals surface area (Å²) in [4.78, 5) is 4.57. The van der Waals surface area contributed by atoms with Gasteiger partial charge in [0.15, 0.2) is 0 Å². The number of para-hydroxylation sites is 1. The maximum Gasteiger partial charge on any atom is 0.0917 e. The molecule has 2 N–H and O–H groups in total. The molecule has 0 saturated heterocycles. The van der Waals surface area contributed by atoms with Crippen molar-refractivity contribution in [2.45, 2.75) is 0 Å². The predicted octanol–water partition coefficient (Wildman–Crippen LogP) is 2.87. The van der Waals surface area contributed by atoms with Gasteiger partial charge < -0.3 is 5.73 Å². The summed E-state index contributed by atoms with van der Waals surface area (Å²) in [5.74, 6) is 0. The summed E-state index contributed by atoms with van der Waals surface area (Å²) in [6, 6.07) is 9.33. The fraction of sp³-hybridized carbons (Fsp3) is 0.0769. The molecule has 0 fully saturated rings. The second-order valence-corrected chi connectivity index (χ2v) is 4.48. The Bertz CT molecular complexity index is 733. The van der Waals surface area contributed by atoms with Crippen LogP contribution in [0.15, 0.2) is 36.5 Å². The number of anilines is 1. The molecule has 90 valence electrons. The van der Waals surface area contributed by atoms with Gasteiger partial charge in [-0.25, -0.2) is 4.98 Å². The van der Waals surface area contributed by atoms with E-state index >= 15 is 0 Å². The third-order valence-corrected chi connectivity index (χ3v) is 3.21. The van der Waals surface area contributed by atoms with Crippen molar-refractivity contribution < 1.29 is 0 Å². The highest BCUT2D eigenvalue weighted by molar-refractivity contribution is 6.35. The minimum absolute atomic E-state index is 0.600. The maximum absolute atomic E-state index is 6.16. The molecular weight excluding hydrogens is 248 g/mol. The van der Waals surface area contributed by atoms with Crippen molar-refractivity contribution in [1.29, 1.82) is 0 Å². The van der Waals surface area contributed by atoms with Crippen molar-refractivity contribution in [1.82, 2.24) is 14.8 Å². The fourth-order valence-electron chi connectivity index (χ4n) is 2.00. The van der Waals surface area contributed by atoms with Gasteiger partial charge in [-0.15, -0.1) is 0 Å². The average molecular weight is 259 g/mol. The minimum Gasteiger partial charge on any atom is -0.398 e. The van der Waals surface area contributed by atoms with Crippen LogP contribution in [-0.2, 0) is 7.05 Å². The number of nitrogens with two attached hydrogens (primary N) is 1. The van der Waals surface area contributed by atoms with E-state index in [1.54, 1.807) is 10.9 Å². The topological polar surface area (TPSA) is 56.7 Å². The first kappa shape index (κ1) is 11.0. The molecule has 0 bridgehead atoms. The quantitative estimate of drug-likeness (QED) is 0.730. The lowest BCUT2D eigenvalue weighted by Gasteiger charge is -2.07. The van der Waals surface area contributed by atoms with Crippen molar-refractivity contribution in [2.75, 3.05) is 5.73 Å². The van der Waals surface area contributed by atoms with E-state index in [2.05, 4.69) is 10.1 Å². The summed E-state index contributed by atoms with van der Waals surface area (Å²) in [6.07, 6.45) is 1.73. The third-order valence-electron chi connectivity index (χ3n) is 2.91. The number of rotatable bonds is 1. The van der Waals surface area contributed by atoms with E-state index in [0.717, 1.165) is 22.3 Å². The molecule has 0 amide bonds. The van der Waals surface area contributed by atoms with Gasteiger partial charge in [-0.2, -0.15) is 5.10 Å². The summed E-state index contributed by atoms with van der Waals surface area (Å²) in [7, 11) is 1.87. The van der Waals surface area contributed by atoms with Crippen LogP contribution in [0.5, 0.6) is 0 Å². The first-order valence-corrected chi connectivity index (χ1v) is 5.88. The van der Waals surface area contributed by atoms with Crippen LogP contribution < -0.4 is 5.73 Å². The molecule has 2 aromatic heterocycles. The van der Waals surface area contributed by atoms with E-state index in [1.165, 1.54) is 0 Å². The molecule has 0 saturated carbocycles. The van der Waals surface area contributed by atoms with E-state index in [4.69, 9.17) is 17.3 Å². The van der Waals surface area contributed by atoms with Gasteiger partial charge >= 0.3 is 0 Å². The number of halogens is 1. The second kappa shape index (κ2) is 3.99. The predicted molar refractivity (Wildman–Crippen MR) is 73.4 cm³/mol. The number of hydrogen-bond acceptors (Lipinski definition) is 3. The van der Waals surface area contributed by atoms with Crippen LogP contribution in [0.4, 0.5) is 5.69 Å². The van der Waals surface area contributed by atoms with Crippen LogP contribution in [0.2, 0.25) is 5.02 Å². The van der Waals surface area contributed by atoms with Crippen molar-refractivity contribution in [2.24, 2.45) is 7.05 Å². The zero-order valence-electron chi connectivity index (χ0n) is 9.76. The largest absolute Gasteiger partial charge is 0.398 e. The van der Waals surface area contributed by atoms with E-state index in [9.17, 15) is 0 Å². The smallest absolute Gasteiger partial charge is 0.0917 e. The minimum atomic E-state index is 0.600. The molecule has 1 aromatic carbocycles. The Morgan fingerprint density at radius 1 is 1.28 bits per heavy atom. The molecule has 0 aliphatic carbocycles. The number of pyridine rings is 1. The summed E-state index contributed by atoms with van der Waals surface area (Å²) in [6.45, 7) is 0. The van der Waals surface area contributed by atoms with Crippen LogP contribution >= 0.6 is 11.6 Å². The van der Waals surface area contributed by atoms with Gasteiger partial charge in [-0.1, -0.05) is 23.7 Å². The summed E-state index contributed by atoms with van der Waals surface area (Å²) in [5.41, 5.74) is 9.11. The van der Waals surface area contributed by atoms with Crippen LogP contribution in [0, 0.1) is 0 Å². The van der Waals surface area contributed by atoms with Gasteiger partial charge in [0, 0.05) is 24.3 Å². The zero-order valence-corrected chi connectivity index (χ0v) is 10.5. The van der Waals surface area contributed by atoms with Gasteiger partial charge in [-0.05, 0) is 18.2 Å². The van der Waals surface area contributed by atoms with Crippen molar-refractivity contribution in [3.63, 3.8) is 0 Å². The summed E-state index contributed by atoms with van der Waals surface area (Å²) >= 11 is 6.16. The number of fused-ring (bicyclic) bond motifs is 1. The summed E-state index contributed by atoms with van der Waals surface area (Å²) in [5, 5.41) is 5.60. The number of hydrogen-bond donors (Lipinski definition) is 1. The van der Waals surface area contributed by atoms with E-state index < -0.39 is 0 Å². The average Bonchev–Trinajstić information content (AvgIpc) is 2.77. The molecule has 4 nitrogen and oxygen atoms in total. The van der Waals surface area contributed by atoms with E-state index in [1.807, 2.05) is 37.4 Å². The highest BCUT2D eigenvalue weighted by Crippen LogP contribution is 2.29. The zero-order chi connectivity index (χ0) is 12.7. The van der Waals surface area contributed by atoms with Crippen LogP contribution in [0.3, 0.4) is 0 Å². The Labute approximate surface area is 109 Å². The number of nitrogen functional groups attached to an aromatic ring is 1. The lowest BCUT2D eigenvalue weighted by molar-refractivity contribution is 0.774. The molecule has 3 rings (SSSR count). The van der Waals surface area contributed by atoms with Crippen LogP contribution in [0.1, 0.15) is 0 Å². The van der Waals surface area contributed by atoms with Crippen molar-refractivity contribution in [3.8, 4) is 11.4 Å². The van der Waals surface area contributed by atoms with Gasteiger partial charge in [0.25, 0.3) is 0 Å². The Kier molecular flexibility index (Phi) is 2.45. The molecule has 0 aliphatic rings. The normalized spacial score (nSPS) is 11.0. The highest BCUT2D eigenvalue weighted by Gasteiger charge is 2.10. The van der Waals surface area contributed by atoms with E-state index in [-0.39, 0.29) is 0 Å².